The molecule has 2 unspecified atom stereocenters. The van der Waals surface area contributed by atoms with Crippen LogP contribution in [0.5, 0.6) is 5.75 Å². The van der Waals surface area contributed by atoms with E-state index in [1.54, 1.807) is 19.2 Å². The van der Waals surface area contributed by atoms with Crippen LogP contribution in [0.3, 0.4) is 0 Å². The quantitative estimate of drug-likeness (QED) is 0.271. The third kappa shape index (κ3) is 7.55. The van der Waals surface area contributed by atoms with Gasteiger partial charge in [-0.15, -0.1) is 0 Å². The average molecular weight is 574 g/mol. The van der Waals surface area contributed by atoms with Gasteiger partial charge in [-0.2, -0.15) is 0 Å². The van der Waals surface area contributed by atoms with E-state index in [-0.39, 0.29) is 6.42 Å². The van der Waals surface area contributed by atoms with Crippen molar-refractivity contribution in [1.29, 1.82) is 0 Å². The van der Waals surface area contributed by atoms with Crippen molar-refractivity contribution in [3.63, 3.8) is 0 Å². The first kappa shape index (κ1) is 28.5. The molecule has 1 aliphatic rings. The number of hydrogen-bond acceptors (Lipinski definition) is 4. The Balaban J connectivity index is 1.37. The molecule has 200 valence electrons. The van der Waals surface area contributed by atoms with Crippen LogP contribution in [0.4, 0.5) is 0 Å². The molecule has 1 N–H and O–H groups in total. The number of aliphatic carboxylic acids is 1. The Hall–Kier alpha value is -2.49. The maximum absolute atomic E-state index is 11.3. The number of benzene rings is 2. The van der Waals surface area contributed by atoms with Crippen LogP contribution in [0.1, 0.15) is 43.2 Å². The standard InChI is InChI=1S/C30H31Cl3N2O3/c1-38-24-8-9-29-26(18-24)21(11-13-34-29)5-2-4-20-12-15-35(19-22(20)7-10-30(36)37)14-3-6-25-27(32)16-23(31)17-28(25)33/h8-9,11,13,16-18,20,22H,2,4-5,7,10,12,14-15,19H2,1H3,(H,36,37). The van der Waals surface area contributed by atoms with Crippen LogP contribution in [-0.2, 0) is 11.2 Å². The fraction of sp³-hybridized carbons (Fsp3) is 0.400. The van der Waals surface area contributed by atoms with Gasteiger partial charge in [0.15, 0.2) is 0 Å². The molecule has 0 radical (unpaired) electrons. The van der Waals surface area contributed by atoms with E-state index >= 15 is 0 Å². The summed E-state index contributed by atoms with van der Waals surface area (Å²) in [5, 5.41) is 11.8. The van der Waals surface area contributed by atoms with Gasteiger partial charge in [0.05, 0.1) is 34.8 Å². The Kier molecular flexibility index (Phi) is 10.2. The van der Waals surface area contributed by atoms with Crippen LogP contribution >= 0.6 is 34.8 Å². The van der Waals surface area contributed by atoms with E-state index in [1.807, 2.05) is 18.3 Å². The molecule has 4 rings (SSSR count). The highest BCUT2D eigenvalue weighted by Gasteiger charge is 2.29. The topological polar surface area (TPSA) is 62.7 Å². The van der Waals surface area contributed by atoms with E-state index < -0.39 is 5.97 Å². The molecule has 0 amide bonds. The number of rotatable bonds is 9. The molecule has 1 aromatic heterocycles. The second kappa shape index (κ2) is 13.5. The van der Waals surface area contributed by atoms with Crippen molar-refractivity contribution in [2.75, 3.05) is 26.7 Å². The molecule has 0 spiro atoms. The fourth-order valence-corrected chi connectivity index (χ4v) is 6.21. The first-order valence-electron chi connectivity index (χ1n) is 12.8. The highest BCUT2D eigenvalue weighted by molar-refractivity contribution is 6.39. The maximum Gasteiger partial charge on any atom is 0.303 e. The second-order valence-electron chi connectivity index (χ2n) is 9.77. The lowest BCUT2D eigenvalue weighted by molar-refractivity contribution is -0.137. The van der Waals surface area contributed by atoms with E-state index in [9.17, 15) is 9.90 Å². The van der Waals surface area contributed by atoms with Gasteiger partial charge in [0.1, 0.15) is 5.75 Å². The monoisotopic (exact) mass is 572 g/mol. The lowest BCUT2D eigenvalue weighted by Gasteiger charge is -2.38. The molecule has 5 nitrogen and oxygen atoms in total. The van der Waals surface area contributed by atoms with Crippen molar-refractivity contribution in [3.05, 3.63) is 68.8 Å². The van der Waals surface area contributed by atoms with Crippen LogP contribution in [-0.4, -0.2) is 47.7 Å². The summed E-state index contributed by atoms with van der Waals surface area (Å²) in [4.78, 5) is 18.1. The van der Waals surface area contributed by atoms with E-state index in [4.69, 9.17) is 39.5 Å². The van der Waals surface area contributed by atoms with Gasteiger partial charge < -0.3 is 9.84 Å². The molecule has 0 bridgehead atoms. The predicted molar refractivity (Wildman–Crippen MR) is 154 cm³/mol. The molecule has 1 saturated heterocycles. The SMILES string of the molecule is COc1ccc2nccc(CCCC3CCN(CC#Cc4c(Cl)cc(Cl)cc4Cl)CC3CCC(=O)O)c2c1. The van der Waals surface area contributed by atoms with Crippen LogP contribution in [0.25, 0.3) is 10.9 Å². The number of aryl methyl sites for hydroxylation is 1. The number of piperidine rings is 1. The minimum Gasteiger partial charge on any atom is -0.497 e. The van der Waals surface area contributed by atoms with E-state index in [1.165, 1.54) is 5.56 Å². The third-order valence-corrected chi connectivity index (χ3v) is 8.10. The van der Waals surface area contributed by atoms with E-state index in [0.29, 0.717) is 45.4 Å². The number of methoxy groups -OCH3 is 1. The first-order chi connectivity index (χ1) is 18.3. The van der Waals surface area contributed by atoms with Gasteiger partial charge >= 0.3 is 5.97 Å². The Morgan fingerprint density at radius 3 is 2.66 bits per heavy atom. The van der Waals surface area contributed by atoms with Crippen molar-refractivity contribution in [2.24, 2.45) is 11.8 Å². The third-order valence-electron chi connectivity index (χ3n) is 7.29. The molecule has 0 aliphatic carbocycles. The smallest absolute Gasteiger partial charge is 0.303 e. The zero-order valence-corrected chi connectivity index (χ0v) is 23.6. The summed E-state index contributed by atoms with van der Waals surface area (Å²) >= 11 is 18.5. The molecule has 2 atom stereocenters. The number of hydrogen-bond donors (Lipinski definition) is 1. The normalized spacial score (nSPS) is 17.7. The molecule has 0 saturated carbocycles. The number of carboxylic acid groups (broad SMARTS) is 1. The number of pyridine rings is 1. The van der Waals surface area contributed by atoms with Crippen LogP contribution < -0.4 is 4.74 Å². The average Bonchev–Trinajstić information content (AvgIpc) is 2.89. The Morgan fingerprint density at radius 1 is 1.13 bits per heavy atom. The Bertz CT molecular complexity index is 1330. The first-order valence-corrected chi connectivity index (χ1v) is 14.0. The van der Waals surface area contributed by atoms with Gasteiger partial charge in [0.25, 0.3) is 0 Å². The van der Waals surface area contributed by atoms with Gasteiger partial charge in [-0.25, -0.2) is 0 Å². The van der Waals surface area contributed by atoms with E-state index in [2.05, 4.69) is 33.9 Å². The lowest BCUT2D eigenvalue weighted by Crippen LogP contribution is -2.41. The van der Waals surface area contributed by atoms with Crippen molar-refractivity contribution >= 4 is 51.7 Å². The van der Waals surface area contributed by atoms with Crippen molar-refractivity contribution in [1.82, 2.24) is 9.88 Å². The van der Waals surface area contributed by atoms with Gasteiger partial charge in [-0.1, -0.05) is 46.6 Å². The summed E-state index contributed by atoms with van der Waals surface area (Å²) in [6.45, 7) is 2.35. The summed E-state index contributed by atoms with van der Waals surface area (Å²) in [6, 6.07) is 11.3. The summed E-state index contributed by atoms with van der Waals surface area (Å²) in [5.74, 6) is 7.17. The molecule has 2 aromatic carbocycles. The van der Waals surface area contributed by atoms with Gasteiger partial charge in [0, 0.05) is 29.6 Å². The molecule has 1 aliphatic heterocycles. The van der Waals surface area contributed by atoms with Crippen molar-refractivity contribution < 1.29 is 14.6 Å². The summed E-state index contributed by atoms with van der Waals surface area (Å²) in [7, 11) is 1.67. The highest BCUT2D eigenvalue weighted by atomic mass is 35.5. The van der Waals surface area contributed by atoms with Gasteiger partial charge in [0.2, 0.25) is 0 Å². The predicted octanol–water partition coefficient (Wildman–Crippen LogP) is 7.38. The molecule has 3 aromatic rings. The minimum absolute atomic E-state index is 0.186. The van der Waals surface area contributed by atoms with Crippen LogP contribution in [0.2, 0.25) is 15.1 Å². The molecular weight excluding hydrogens is 543 g/mol. The minimum atomic E-state index is -0.745. The number of fused-ring (bicyclic) bond motifs is 1. The Morgan fingerprint density at radius 2 is 1.92 bits per heavy atom. The number of ether oxygens (including phenoxy) is 1. The molecule has 8 heteroatoms. The van der Waals surface area contributed by atoms with Crippen LogP contribution in [0, 0.1) is 23.7 Å². The summed E-state index contributed by atoms with van der Waals surface area (Å²) in [6.07, 6.45) is 6.81. The number of carboxylic acids is 1. The molecule has 1 fully saturated rings. The fourth-order valence-electron chi connectivity index (χ4n) is 5.30. The highest BCUT2D eigenvalue weighted by Crippen LogP contribution is 2.33. The van der Waals surface area contributed by atoms with Crippen molar-refractivity contribution in [2.45, 2.75) is 38.5 Å². The summed E-state index contributed by atoms with van der Waals surface area (Å²) < 4.78 is 5.41. The molecular formula is C30H31Cl3N2O3. The van der Waals surface area contributed by atoms with Gasteiger partial charge in [-0.3, -0.25) is 14.7 Å². The molecule has 2 heterocycles. The number of carbonyl (C=O) groups is 1. The van der Waals surface area contributed by atoms with Crippen LogP contribution in [0.15, 0.2) is 42.6 Å². The number of nitrogens with zero attached hydrogens (tertiary/aromatic N) is 2. The maximum atomic E-state index is 11.3. The Labute approximate surface area is 239 Å². The lowest BCUT2D eigenvalue weighted by atomic mass is 9.79. The zero-order valence-electron chi connectivity index (χ0n) is 21.4. The largest absolute Gasteiger partial charge is 0.497 e. The van der Waals surface area contributed by atoms with E-state index in [0.717, 1.165) is 55.4 Å². The summed E-state index contributed by atoms with van der Waals surface area (Å²) in [5.41, 5.74) is 2.82. The molecule has 38 heavy (non-hydrogen) atoms. The number of aromatic nitrogens is 1. The number of halogens is 3. The zero-order chi connectivity index (χ0) is 27.1. The van der Waals surface area contributed by atoms with Gasteiger partial charge in [-0.05, 0) is 92.4 Å². The number of likely N-dealkylation sites (tertiary alicyclic amines) is 1. The second-order valence-corrected chi connectivity index (χ2v) is 11.0. The van der Waals surface area contributed by atoms with Crippen molar-refractivity contribution in [3.8, 4) is 17.6 Å².